The molecule has 5 aromatic rings. The zero-order valence-electron chi connectivity index (χ0n) is 75.9. The van der Waals surface area contributed by atoms with Crippen LogP contribution in [0.5, 0.6) is 34.5 Å². The van der Waals surface area contributed by atoms with Crippen LogP contribution in [-0.2, 0) is 139 Å². The zero-order valence-corrected chi connectivity index (χ0v) is 75.9. The predicted octanol–water partition coefficient (Wildman–Crippen LogP) is 3.58. The van der Waals surface area contributed by atoms with Gasteiger partial charge in [-0.1, -0.05) is 47.7 Å². The minimum Gasteiger partial charge on any atom is -0.493 e. The molecule has 46 heteroatoms. The standard InChI is InChI=1S/C89H109N9O37/c1-47-34-64-82(108)97(88(112)124-45-55-16-19-58(20-17-55)132-86-78(130-53(7)103)74(128-51(5)101)72(126-49(3)99)76(134-86)84(110)116-11)61-39-69(67(114-9)37-59(61)80(106)94(64)42-47)122-24-14-13-15-25-123-70-40-62-60(38-68(70)115-10)81(107)95-43-48(2)35-65(95)83(109)98(62)89(113)125-46-56-18-21-66(133-87-79(131-54(8)104)75(129-52(6)102)73(127-50(4)100)77(135-87)85(111)117-12)63(36-56)96-44-57(92-93-96)41-91-71(105)22-26-118-28-30-120-32-33-121-31-29-119-27-23-90/h16-21,36-40,44,64-65,72-79,82-83,86-87,108-109H,1-2,13-15,22-35,41-43,45-46,90H2,3-12H3,(H,91,105)/t64-,65-,72-,73-,74-,75-,76-,77-,78+,79+,82-,83-,86+,87+/m0/s1. The quantitative estimate of drug-likeness (QED) is 0.0187. The van der Waals surface area contributed by atoms with Gasteiger partial charge in [-0.05, 0) is 79.6 Å². The number of anilines is 2. The summed E-state index contributed by atoms with van der Waals surface area (Å²) < 4.78 is 126. The third-order valence-corrected chi connectivity index (χ3v) is 21.5. The first kappa shape index (κ1) is 102. The molecule has 6 aliphatic heterocycles. The van der Waals surface area contributed by atoms with Gasteiger partial charge in [0.2, 0.25) is 30.7 Å². The Morgan fingerprint density at radius 3 is 1.35 bits per heavy atom. The number of carbonyl (C=O) groups is 13. The van der Waals surface area contributed by atoms with Crippen LogP contribution in [0.4, 0.5) is 21.0 Å². The van der Waals surface area contributed by atoms with Crippen molar-refractivity contribution in [1.29, 1.82) is 0 Å². The van der Waals surface area contributed by atoms with Gasteiger partial charge in [-0.25, -0.2) is 33.7 Å². The smallest absolute Gasteiger partial charge is 0.416 e. The number of hydrogen-bond acceptors (Lipinski definition) is 40. The monoisotopic (exact) mass is 1900 g/mol. The molecule has 4 fully saturated rings. The highest BCUT2D eigenvalue weighted by Gasteiger charge is 2.58. The molecule has 0 saturated carbocycles. The van der Waals surface area contributed by atoms with E-state index in [1.54, 1.807) is 0 Å². The summed E-state index contributed by atoms with van der Waals surface area (Å²) in [5, 5.41) is 35.9. The average Bonchev–Trinajstić information content (AvgIpc) is 1.69. The number of ether oxygens (including phenoxy) is 22. The minimum atomic E-state index is -1.88. The van der Waals surface area contributed by atoms with Gasteiger partial charge in [0.15, 0.2) is 72.1 Å². The highest BCUT2D eigenvalue weighted by molar-refractivity contribution is 6.07. The lowest BCUT2D eigenvalue weighted by molar-refractivity contribution is -0.282. The molecule has 14 atom stereocenters. The van der Waals surface area contributed by atoms with Gasteiger partial charge >= 0.3 is 59.9 Å². The number of methoxy groups -OCH3 is 4. The van der Waals surface area contributed by atoms with E-state index in [2.05, 4.69) is 28.8 Å². The number of fused-ring (bicyclic) bond motifs is 4. The maximum Gasteiger partial charge on any atom is 0.416 e. The van der Waals surface area contributed by atoms with Crippen molar-refractivity contribution >= 4 is 89.0 Å². The molecule has 732 valence electrons. The van der Waals surface area contributed by atoms with Crippen molar-refractivity contribution in [3.05, 3.63) is 125 Å². The molecular weight excluding hydrogens is 1790 g/mol. The number of nitrogens with one attached hydrogen (secondary N) is 1. The van der Waals surface area contributed by atoms with Gasteiger partial charge in [-0.15, -0.1) is 5.10 Å². The molecule has 7 heterocycles. The molecule has 6 aliphatic rings. The molecular formula is C89H109N9O37. The van der Waals surface area contributed by atoms with Gasteiger partial charge in [0.1, 0.15) is 36.1 Å². The fourth-order valence-corrected chi connectivity index (χ4v) is 15.5. The maximum atomic E-state index is 15.1. The summed E-state index contributed by atoms with van der Waals surface area (Å²) >= 11 is 0. The van der Waals surface area contributed by atoms with Crippen LogP contribution in [0.1, 0.15) is 118 Å². The number of amides is 5. The number of carbonyl (C=O) groups excluding carboxylic acids is 13. The van der Waals surface area contributed by atoms with E-state index in [1.165, 1.54) is 102 Å². The highest BCUT2D eigenvalue weighted by Crippen LogP contribution is 2.46. The summed E-state index contributed by atoms with van der Waals surface area (Å²) in [7, 11) is 4.75. The number of benzene rings is 4. The number of hydrogen-bond donors (Lipinski definition) is 4. The van der Waals surface area contributed by atoms with E-state index in [-0.39, 0.29) is 146 Å². The number of aliphatic hydroxyl groups is 2. The number of esters is 8. The zero-order chi connectivity index (χ0) is 97.4. The molecule has 0 radical (unpaired) electrons. The SMILES string of the molecule is C=C1C[C@H]2[C@H](O)N(C(=O)OCc3ccc(O[C@@H]4O[C@H](C(=O)OC)[C@@H](OC(C)=O)[C@H](OC(C)=O)[C@H]4OC(C)=O)cc3)c3cc(OCCCCCOc4cc5c(cc4OC)C(=O)N4CC(=C)C[C@H]4[C@H](O)N5C(=O)OCc4ccc(O[C@@H]5O[C@H](C(=O)OC)[C@@H](OC(C)=O)[C@H](OC(C)=O)[C@H]5OC(C)=O)c(-n5cc(CNC(=O)CCOCCOCCOCCOCCN)nn5)c4)c(OC)cc3C(=O)N2C1. The second kappa shape index (κ2) is 48.0. The summed E-state index contributed by atoms with van der Waals surface area (Å²) in [5.41, 5.74) is 7.01. The number of aromatic nitrogens is 3. The van der Waals surface area contributed by atoms with Gasteiger partial charge in [0, 0.05) is 79.7 Å². The summed E-state index contributed by atoms with van der Waals surface area (Å²) in [5.74, 6) is -9.09. The molecule has 46 nitrogen and oxygen atoms in total. The first-order valence-corrected chi connectivity index (χ1v) is 42.9. The van der Waals surface area contributed by atoms with Crippen LogP contribution < -0.4 is 49.3 Å². The lowest BCUT2D eigenvalue weighted by atomic mass is 9.97. The number of aliphatic hydroxyl groups excluding tert-OH is 2. The van der Waals surface area contributed by atoms with Gasteiger partial charge in [0.25, 0.3) is 11.8 Å². The van der Waals surface area contributed by atoms with E-state index >= 15 is 4.79 Å². The number of unbranched alkanes of at least 4 members (excludes halogenated alkanes) is 2. The van der Waals surface area contributed by atoms with E-state index in [0.29, 0.717) is 75.6 Å². The van der Waals surface area contributed by atoms with Crippen LogP contribution in [0.2, 0.25) is 0 Å². The maximum absolute atomic E-state index is 15.1. The Labute approximate surface area is 773 Å². The van der Waals surface area contributed by atoms with E-state index < -0.39 is 177 Å². The van der Waals surface area contributed by atoms with Crippen LogP contribution in [0.3, 0.4) is 0 Å². The highest BCUT2D eigenvalue weighted by atomic mass is 16.8. The van der Waals surface area contributed by atoms with Crippen LogP contribution in [0.15, 0.2) is 97.2 Å². The van der Waals surface area contributed by atoms with Crippen molar-refractivity contribution in [2.75, 3.05) is 124 Å². The number of nitrogens with zero attached hydrogens (tertiary/aromatic N) is 7. The Balaban J connectivity index is 0.773. The van der Waals surface area contributed by atoms with Gasteiger partial charge in [-0.2, -0.15) is 0 Å². The van der Waals surface area contributed by atoms with Crippen LogP contribution in [0, 0.1) is 0 Å². The molecule has 1 aromatic heterocycles. The Morgan fingerprint density at radius 1 is 0.481 bits per heavy atom. The van der Waals surface area contributed by atoms with Crippen LogP contribution >= 0.6 is 0 Å². The molecule has 0 unspecified atom stereocenters. The third-order valence-electron chi connectivity index (χ3n) is 21.5. The Morgan fingerprint density at radius 2 is 0.904 bits per heavy atom. The Kier molecular flexibility index (Phi) is 36.3. The molecule has 4 aromatic carbocycles. The van der Waals surface area contributed by atoms with E-state index in [9.17, 15) is 67.7 Å². The summed E-state index contributed by atoms with van der Waals surface area (Å²) in [4.78, 5) is 178. The minimum absolute atomic E-state index is 0.00547. The molecule has 0 bridgehead atoms. The van der Waals surface area contributed by atoms with Gasteiger partial charge in [-0.3, -0.25) is 43.2 Å². The number of rotatable bonds is 43. The topological polar surface area (TPSA) is 547 Å². The fourth-order valence-electron chi connectivity index (χ4n) is 15.5. The van der Waals surface area contributed by atoms with Crippen molar-refractivity contribution in [2.24, 2.45) is 5.73 Å². The third kappa shape index (κ3) is 26.2. The summed E-state index contributed by atoms with van der Waals surface area (Å²) in [6, 6.07) is 13.5. The van der Waals surface area contributed by atoms with Gasteiger partial charge < -0.3 is 135 Å². The van der Waals surface area contributed by atoms with E-state index in [4.69, 9.17) is 110 Å². The second-order valence-corrected chi connectivity index (χ2v) is 31.3. The molecule has 4 saturated heterocycles. The van der Waals surface area contributed by atoms with Crippen LogP contribution in [-0.4, -0.2) is 313 Å². The molecule has 0 aliphatic carbocycles. The van der Waals surface area contributed by atoms with E-state index in [1.807, 2.05) is 0 Å². The summed E-state index contributed by atoms with van der Waals surface area (Å²) in [6.07, 6.45) is -20.3. The molecule has 5 amide bonds. The van der Waals surface area contributed by atoms with E-state index in [0.717, 1.165) is 65.6 Å². The molecule has 135 heavy (non-hydrogen) atoms. The normalized spacial score (nSPS) is 22.2. The van der Waals surface area contributed by atoms with Crippen molar-refractivity contribution in [2.45, 2.75) is 186 Å². The summed E-state index contributed by atoms with van der Waals surface area (Å²) in [6.45, 7) is 16.1. The van der Waals surface area contributed by atoms with Crippen molar-refractivity contribution in [3.63, 3.8) is 0 Å². The molecule has 5 N–H and O–H groups in total. The largest absolute Gasteiger partial charge is 0.493 e. The Bertz CT molecular complexity index is 5130. The lowest BCUT2D eigenvalue weighted by Gasteiger charge is -2.43. The average molecular weight is 1900 g/mol. The first-order chi connectivity index (χ1) is 64.7. The van der Waals surface area contributed by atoms with Crippen LogP contribution in [0.25, 0.3) is 5.69 Å². The second-order valence-electron chi connectivity index (χ2n) is 31.3. The molecule has 0 spiro atoms. The van der Waals surface area contributed by atoms with Crippen molar-refractivity contribution in [3.8, 4) is 40.2 Å². The lowest BCUT2D eigenvalue weighted by Crippen LogP contribution is -2.64. The van der Waals surface area contributed by atoms with Crippen molar-refractivity contribution in [1.82, 2.24) is 30.1 Å². The fraction of sp³-hybridized carbons (Fsp3) is 0.517. The first-order valence-electron chi connectivity index (χ1n) is 42.9. The molecule has 11 rings (SSSR count). The van der Waals surface area contributed by atoms with Gasteiger partial charge in [0.05, 0.1) is 142 Å². The predicted molar refractivity (Wildman–Crippen MR) is 458 cm³/mol. The Hall–Kier alpha value is -13.3. The van der Waals surface area contributed by atoms with Crippen molar-refractivity contribution < 1.29 is 177 Å². The number of nitrogens with two attached hydrogens (primary N) is 1.